The van der Waals surface area contributed by atoms with Gasteiger partial charge in [-0.25, -0.2) is 14.0 Å². The summed E-state index contributed by atoms with van der Waals surface area (Å²) < 4.78 is 23.3. The molecule has 0 unspecified atom stereocenters. The van der Waals surface area contributed by atoms with Crippen LogP contribution in [0.25, 0.3) is 0 Å². The Morgan fingerprint density at radius 3 is 2.27 bits per heavy atom. The van der Waals surface area contributed by atoms with E-state index in [1.807, 2.05) is 0 Å². The smallest absolute Gasteiger partial charge is 0.343 e. The Hall–Kier alpha value is -2.21. The number of rotatable bonds is 4. The van der Waals surface area contributed by atoms with Gasteiger partial charge in [0.05, 0.1) is 22.2 Å². The largest absolute Gasteiger partial charge is 0.462 e. The number of hydrogen-bond acceptors (Lipinski definition) is 4. The minimum atomic E-state index is -0.621. The van der Waals surface area contributed by atoms with Crippen molar-refractivity contribution in [2.75, 3.05) is 6.61 Å². The molecule has 2 aromatic rings. The Morgan fingerprint density at radius 1 is 1.05 bits per heavy atom. The Morgan fingerprint density at radius 2 is 1.68 bits per heavy atom. The van der Waals surface area contributed by atoms with Gasteiger partial charge in [-0.3, -0.25) is 0 Å². The van der Waals surface area contributed by atoms with Gasteiger partial charge in [-0.1, -0.05) is 0 Å². The molecule has 0 bridgehead atoms. The fraction of sp³-hybridized carbons (Fsp3) is 0.125. The number of carbonyl (C=O) groups is 2. The van der Waals surface area contributed by atoms with Gasteiger partial charge < -0.3 is 9.47 Å². The molecule has 0 atom stereocenters. The van der Waals surface area contributed by atoms with Crippen molar-refractivity contribution >= 4 is 27.9 Å². The van der Waals surface area contributed by atoms with Gasteiger partial charge in [0.25, 0.3) is 0 Å². The van der Waals surface area contributed by atoms with Crippen LogP contribution in [0.1, 0.15) is 27.6 Å². The van der Waals surface area contributed by atoms with E-state index in [9.17, 15) is 14.0 Å². The highest BCUT2D eigenvalue weighted by Crippen LogP contribution is 2.27. The van der Waals surface area contributed by atoms with Gasteiger partial charge in [0.15, 0.2) is 0 Å². The van der Waals surface area contributed by atoms with Crippen molar-refractivity contribution in [1.82, 2.24) is 0 Å². The molecule has 2 rings (SSSR count). The molecule has 0 aliphatic heterocycles. The summed E-state index contributed by atoms with van der Waals surface area (Å²) in [5.74, 6) is -1.26. The number of ether oxygens (including phenoxy) is 2. The van der Waals surface area contributed by atoms with Crippen LogP contribution in [-0.2, 0) is 4.74 Å². The van der Waals surface area contributed by atoms with Gasteiger partial charge in [0.1, 0.15) is 11.6 Å². The van der Waals surface area contributed by atoms with Crippen molar-refractivity contribution in [2.45, 2.75) is 6.92 Å². The van der Waals surface area contributed by atoms with Crippen molar-refractivity contribution in [3.8, 4) is 5.75 Å². The van der Waals surface area contributed by atoms with Crippen LogP contribution in [0.4, 0.5) is 4.39 Å². The Kier molecular flexibility index (Phi) is 5.27. The number of carbonyl (C=O) groups excluding carboxylic acids is 2. The van der Waals surface area contributed by atoms with E-state index in [0.29, 0.717) is 10.0 Å². The molecule has 0 aromatic heterocycles. The quantitative estimate of drug-likeness (QED) is 0.606. The lowest BCUT2D eigenvalue weighted by molar-refractivity contribution is 0.0526. The van der Waals surface area contributed by atoms with Crippen LogP contribution < -0.4 is 4.74 Å². The molecule has 2 aromatic carbocycles. The summed E-state index contributed by atoms with van der Waals surface area (Å²) in [6.45, 7) is 1.99. The van der Waals surface area contributed by atoms with Gasteiger partial charge in [-0.15, -0.1) is 0 Å². The molecule has 0 saturated heterocycles. The molecule has 0 spiro atoms. The SMILES string of the molecule is CCOC(=O)c1ccc(OC(=O)c2ccc(F)cc2)c(Br)c1. The predicted molar refractivity (Wildman–Crippen MR) is 81.5 cm³/mol. The van der Waals surface area contributed by atoms with E-state index >= 15 is 0 Å². The van der Waals surface area contributed by atoms with Crippen LogP contribution in [0, 0.1) is 5.82 Å². The van der Waals surface area contributed by atoms with Crippen LogP contribution in [0.3, 0.4) is 0 Å². The summed E-state index contributed by atoms with van der Waals surface area (Å²) in [5, 5.41) is 0. The summed E-state index contributed by atoms with van der Waals surface area (Å²) in [6, 6.07) is 9.50. The Labute approximate surface area is 135 Å². The highest BCUT2D eigenvalue weighted by Gasteiger charge is 2.14. The molecular formula is C16H12BrFO4. The number of benzene rings is 2. The second kappa shape index (κ2) is 7.17. The van der Waals surface area contributed by atoms with Crippen LogP contribution >= 0.6 is 15.9 Å². The molecule has 0 fully saturated rings. The van der Waals surface area contributed by atoms with Crippen molar-refractivity contribution in [1.29, 1.82) is 0 Å². The fourth-order valence-electron chi connectivity index (χ4n) is 1.67. The van der Waals surface area contributed by atoms with E-state index in [1.165, 1.54) is 42.5 Å². The standard InChI is InChI=1S/C16H12BrFO4/c1-2-21-15(19)11-5-8-14(13(17)9-11)22-16(20)10-3-6-12(18)7-4-10/h3-9H,2H2,1H3. The van der Waals surface area contributed by atoms with E-state index < -0.39 is 17.8 Å². The maximum atomic E-state index is 12.8. The summed E-state index contributed by atoms with van der Waals surface area (Å²) in [4.78, 5) is 23.5. The molecule has 114 valence electrons. The summed E-state index contributed by atoms with van der Waals surface area (Å²) >= 11 is 3.23. The van der Waals surface area contributed by atoms with E-state index in [0.717, 1.165) is 0 Å². The molecule has 4 nitrogen and oxygen atoms in total. The molecule has 6 heteroatoms. The molecule has 0 saturated carbocycles. The minimum absolute atomic E-state index is 0.225. The van der Waals surface area contributed by atoms with Gasteiger partial charge in [-0.05, 0) is 65.3 Å². The number of halogens is 2. The zero-order valence-corrected chi connectivity index (χ0v) is 13.2. The zero-order chi connectivity index (χ0) is 16.1. The van der Waals surface area contributed by atoms with Crippen molar-refractivity contribution in [3.05, 3.63) is 63.9 Å². The topological polar surface area (TPSA) is 52.6 Å². The average Bonchev–Trinajstić information content (AvgIpc) is 2.50. The van der Waals surface area contributed by atoms with E-state index in [-0.39, 0.29) is 17.9 Å². The Balaban J connectivity index is 2.14. The summed E-state index contributed by atoms with van der Waals surface area (Å²) in [6.07, 6.45) is 0. The monoisotopic (exact) mass is 366 g/mol. The first-order chi connectivity index (χ1) is 10.5. The molecule has 0 radical (unpaired) electrons. The third-order valence-corrected chi connectivity index (χ3v) is 3.35. The van der Waals surface area contributed by atoms with E-state index in [2.05, 4.69) is 15.9 Å². The lowest BCUT2D eigenvalue weighted by Gasteiger charge is -2.08. The summed E-state index contributed by atoms with van der Waals surface area (Å²) in [7, 11) is 0. The van der Waals surface area contributed by atoms with Crippen LogP contribution in [0.2, 0.25) is 0 Å². The molecule has 22 heavy (non-hydrogen) atoms. The zero-order valence-electron chi connectivity index (χ0n) is 11.6. The van der Waals surface area contributed by atoms with E-state index in [1.54, 1.807) is 6.92 Å². The maximum Gasteiger partial charge on any atom is 0.343 e. The summed E-state index contributed by atoms with van der Waals surface area (Å²) in [5.41, 5.74) is 0.568. The van der Waals surface area contributed by atoms with Crippen molar-refractivity contribution in [3.63, 3.8) is 0 Å². The lowest BCUT2D eigenvalue weighted by Crippen LogP contribution is -2.09. The highest BCUT2D eigenvalue weighted by molar-refractivity contribution is 9.10. The second-order valence-electron chi connectivity index (χ2n) is 4.26. The van der Waals surface area contributed by atoms with Crippen LogP contribution in [0.5, 0.6) is 5.75 Å². The van der Waals surface area contributed by atoms with Gasteiger partial charge in [-0.2, -0.15) is 0 Å². The first-order valence-corrected chi connectivity index (χ1v) is 7.25. The highest BCUT2D eigenvalue weighted by atomic mass is 79.9. The van der Waals surface area contributed by atoms with Crippen molar-refractivity contribution < 1.29 is 23.5 Å². The minimum Gasteiger partial charge on any atom is -0.462 e. The third-order valence-electron chi connectivity index (χ3n) is 2.73. The lowest BCUT2D eigenvalue weighted by atomic mass is 10.2. The molecule has 0 N–H and O–H groups in total. The third kappa shape index (κ3) is 3.92. The molecule has 0 aliphatic carbocycles. The molecular weight excluding hydrogens is 355 g/mol. The Bertz CT molecular complexity index is 698. The number of hydrogen-bond donors (Lipinski definition) is 0. The van der Waals surface area contributed by atoms with Gasteiger partial charge in [0, 0.05) is 0 Å². The normalized spacial score (nSPS) is 10.1. The van der Waals surface area contributed by atoms with Gasteiger partial charge in [0.2, 0.25) is 0 Å². The maximum absolute atomic E-state index is 12.8. The number of esters is 2. The first-order valence-electron chi connectivity index (χ1n) is 6.45. The predicted octanol–water partition coefficient (Wildman–Crippen LogP) is 3.98. The van der Waals surface area contributed by atoms with Gasteiger partial charge >= 0.3 is 11.9 Å². The first kappa shape index (κ1) is 16.2. The van der Waals surface area contributed by atoms with Crippen molar-refractivity contribution in [2.24, 2.45) is 0 Å². The molecule has 0 heterocycles. The van der Waals surface area contributed by atoms with Crippen LogP contribution in [-0.4, -0.2) is 18.5 Å². The molecule has 0 aliphatic rings. The second-order valence-corrected chi connectivity index (χ2v) is 5.12. The fourth-order valence-corrected chi connectivity index (χ4v) is 2.13. The van der Waals surface area contributed by atoms with Crippen LogP contribution in [0.15, 0.2) is 46.9 Å². The average molecular weight is 367 g/mol. The molecule has 0 amide bonds. The van der Waals surface area contributed by atoms with E-state index in [4.69, 9.17) is 9.47 Å².